The molecule has 1 aliphatic carbocycles. The molecular formula is C23H34. The van der Waals surface area contributed by atoms with Gasteiger partial charge in [-0.2, -0.15) is 0 Å². The normalized spacial score (nSPS) is 20.8. The van der Waals surface area contributed by atoms with Crippen LogP contribution in [0.15, 0.2) is 24.3 Å². The fraction of sp³-hybridized carbons (Fsp3) is 0.652. The Balaban J connectivity index is 1.71. The highest BCUT2D eigenvalue weighted by atomic mass is 14.3. The summed E-state index contributed by atoms with van der Waals surface area (Å²) in [5.41, 5.74) is 2.70. The summed E-state index contributed by atoms with van der Waals surface area (Å²) in [7, 11) is 0. The fourth-order valence-corrected chi connectivity index (χ4v) is 3.85. The molecule has 23 heavy (non-hydrogen) atoms. The maximum atomic E-state index is 3.22. The van der Waals surface area contributed by atoms with Crippen molar-refractivity contribution in [3.63, 3.8) is 0 Å². The summed E-state index contributed by atoms with van der Waals surface area (Å²) in [6.45, 7) is 4.40. The first-order valence-electron chi connectivity index (χ1n) is 9.92. The predicted molar refractivity (Wildman–Crippen MR) is 102 cm³/mol. The molecule has 0 saturated heterocycles. The van der Waals surface area contributed by atoms with Crippen molar-refractivity contribution in [3.05, 3.63) is 35.4 Å². The summed E-state index contributed by atoms with van der Waals surface area (Å²) >= 11 is 0. The maximum Gasteiger partial charge on any atom is 0.0245 e. The SMILES string of the molecule is CCC#Cc1ccc(C2CCC(CCCCCCC)CC2)cc1. The van der Waals surface area contributed by atoms with E-state index >= 15 is 0 Å². The van der Waals surface area contributed by atoms with Gasteiger partial charge >= 0.3 is 0 Å². The second-order valence-electron chi connectivity index (χ2n) is 7.20. The molecule has 0 aromatic heterocycles. The molecule has 1 saturated carbocycles. The Bertz CT molecular complexity index is 477. The minimum atomic E-state index is 0.791. The Morgan fingerprint density at radius 2 is 1.57 bits per heavy atom. The Labute approximate surface area is 144 Å². The lowest BCUT2D eigenvalue weighted by Crippen LogP contribution is -2.13. The smallest absolute Gasteiger partial charge is 0.0245 e. The average Bonchev–Trinajstić information content (AvgIpc) is 2.61. The lowest BCUT2D eigenvalue weighted by Gasteiger charge is -2.29. The molecule has 126 valence electrons. The number of hydrogen-bond acceptors (Lipinski definition) is 0. The Morgan fingerprint density at radius 1 is 0.870 bits per heavy atom. The summed E-state index contributed by atoms with van der Waals surface area (Å²) in [4.78, 5) is 0. The van der Waals surface area contributed by atoms with E-state index in [-0.39, 0.29) is 0 Å². The zero-order valence-electron chi connectivity index (χ0n) is 15.2. The van der Waals surface area contributed by atoms with Crippen LogP contribution in [0.3, 0.4) is 0 Å². The summed E-state index contributed by atoms with van der Waals surface area (Å²) in [5, 5.41) is 0. The number of benzene rings is 1. The molecule has 0 radical (unpaired) electrons. The van der Waals surface area contributed by atoms with Crippen LogP contribution in [0.5, 0.6) is 0 Å². The average molecular weight is 311 g/mol. The molecule has 0 heteroatoms. The van der Waals surface area contributed by atoms with Gasteiger partial charge < -0.3 is 0 Å². The van der Waals surface area contributed by atoms with Crippen LogP contribution in [0.1, 0.15) is 102 Å². The van der Waals surface area contributed by atoms with Gasteiger partial charge in [0.2, 0.25) is 0 Å². The van der Waals surface area contributed by atoms with Crippen LogP contribution in [0.4, 0.5) is 0 Å². The summed E-state index contributed by atoms with van der Waals surface area (Å²) < 4.78 is 0. The number of unbranched alkanes of at least 4 members (excludes halogenated alkanes) is 4. The van der Waals surface area contributed by atoms with E-state index in [1.807, 2.05) is 0 Å². The monoisotopic (exact) mass is 310 g/mol. The van der Waals surface area contributed by atoms with Crippen molar-refractivity contribution < 1.29 is 0 Å². The van der Waals surface area contributed by atoms with E-state index in [1.165, 1.54) is 69.8 Å². The highest BCUT2D eigenvalue weighted by Crippen LogP contribution is 2.37. The molecule has 0 spiro atoms. The molecule has 1 fully saturated rings. The summed E-state index contributed by atoms with van der Waals surface area (Å²) in [6, 6.07) is 9.04. The first-order chi connectivity index (χ1) is 11.3. The van der Waals surface area contributed by atoms with Gasteiger partial charge in [0.25, 0.3) is 0 Å². The van der Waals surface area contributed by atoms with Crippen molar-refractivity contribution in [1.29, 1.82) is 0 Å². The third-order valence-corrected chi connectivity index (χ3v) is 5.35. The minimum Gasteiger partial charge on any atom is -0.0982 e. The first-order valence-corrected chi connectivity index (χ1v) is 9.92. The highest BCUT2D eigenvalue weighted by Gasteiger charge is 2.21. The standard InChI is InChI=1S/C23H34/c1-3-5-7-8-9-11-21-14-18-23(19-15-21)22-16-12-20(13-17-22)10-6-4-2/h12-13,16-17,21,23H,3-5,7-9,11,14-15,18-19H2,1-2H3. The van der Waals surface area contributed by atoms with Crippen LogP contribution in [-0.2, 0) is 0 Å². The van der Waals surface area contributed by atoms with Crippen molar-refractivity contribution in [2.45, 2.75) is 90.4 Å². The van der Waals surface area contributed by atoms with Crippen LogP contribution < -0.4 is 0 Å². The molecule has 0 heterocycles. The van der Waals surface area contributed by atoms with Crippen molar-refractivity contribution >= 4 is 0 Å². The van der Waals surface area contributed by atoms with Gasteiger partial charge in [0.15, 0.2) is 0 Å². The van der Waals surface area contributed by atoms with Crippen molar-refractivity contribution in [2.75, 3.05) is 0 Å². The third kappa shape index (κ3) is 6.42. The van der Waals surface area contributed by atoms with Gasteiger partial charge in [-0.05, 0) is 55.2 Å². The van der Waals surface area contributed by atoms with Gasteiger partial charge in [-0.3, -0.25) is 0 Å². The number of rotatable bonds is 7. The quantitative estimate of drug-likeness (QED) is 0.373. The zero-order chi connectivity index (χ0) is 16.3. The Kier molecular flexibility index (Phi) is 8.30. The summed E-state index contributed by atoms with van der Waals surface area (Å²) in [6.07, 6.45) is 15.2. The molecule has 0 nitrogen and oxygen atoms in total. The number of hydrogen-bond donors (Lipinski definition) is 0. The summed E-state index contributed by atoms with van der Waals surface area (Å²) in [5.74, 6) is 8.16. The second kappa shape index (κ2) is 10.5. The first kappa shape index (κ1) is 18.1. The van der Waals surface area contributed by atoms with Crippen molar-refractivity contribution in [1.82, 2.24) is 0 Å². The molecule has 0 aliphatic heterocycles. The van der Waals surface area contributed by atoms with E-state index in [1.54, 1.807) is 0 Å². The zero-order valence-corrected chi connectivity index (χ0v) is 15.2. The topological polar surface area (TPSA) is 0 Å². The van der Waals surface area contributed by atoms with Crippen LogP contribution in [0.2, 0.25) is 0 Å². The van der Waals surface area contributed by atoms with Gasteiger partial charge in [-0.25, -0.2) is 0 Å². The molecule has 1 aromatic rings. The largest absolute Gasteiger partial charge is 0.0982 e. The van der Waals surface area contributed by atoms with Gasteiger partial charge in [0, 0.05) is 12.0 Å². The van der Waals surface area contributed by atoms with Crippen LogP contribution in [0.25, 0.3) is 0 Å². The van der Waals surface area contributed by atoms with E-state index in [0.29, 0.717) is 0 Å². The lowest BCUT2D eigenvalue weighted by molar-refractivity contribution is 0.302. The van der Waals surface area contributed by atoms with E-state index in [4.69, 9.17) is 0 Å². The molecule has 0 bridgehead atoms. The molecular weight excluding hydrogens is 276 g/mol. The Hall–Kier alpha value is -1.22. The minimum absolute atomic E-state index is 0.791. The van der Waals surface area contributed by atoms with Crippen LogP contribution >= 0.6 is 0 Å². The third-order valence-electron chi connectivity index (χ3n) is 5.35. The fourth-order valence-electron chi connectivity index (χ4n) is 3.85. The van der Waals surface area contributed by atoms with Gasteiger partial charge in [0.05, 0.1) is 0 Å². The van der Waals surface area contributed by atoms with Crippen molar-refractivity contribution in [2.24, 2.45) is 5.92 Å². The highest BCUT2D eigenvalue weighted by molar-refractivity contribution is 5.37. The van der Waals surface area contributed by atoms with E-state index in [0.717, 1.165) is 23.8 Å². The van der Waals surface area contributed by atoms with Gasteiger partial charge in [0.1, 0.15) is 0 Å². The molecule has 1 aliphatic rings. The van der Waals surface area contributed by atoms with E-state index in [9.17, 15) is 0 Å². The molecule has 0 amide bonds. The molecule has 1 aromatic carbocycles. The van der Waals surface area contributed by atoms with Crippen molar-refractivity contribution in [3.8, 4) is 11.8 Å². The lowest BCUT2D eigenvalue weighted by atomic mass is 9.77. The van der Waals surface area contributed by atoms with E-state index < -0.39 is 0 Å². The molecule has 0 unspecified atom stereocenters. The molecule has 0 N–H and O–H groups in total. The van der Waals surface area contributed by atoms with E-state index in [2.05, 4.69) is 50.0 Å². The molecule has 2 rings (SSSR count). The maximum absolute atomic E-state index is 3.22. The predicted octanol–water partition coefficient (Wildman–Crippen LogP) is 7.08. The van der Waals surface area contributed by atoms with Gasteiger partial charge in [-0.15, -0.1) is 0 Å². The van der Waals surface area contributed by atoms with Crippen LogP contribution in [-0.4, -0.2) is 0 Å². The van der Waals surface area contributed by atoms with Gasteiger partial charge in [-0.1, -0.05) is 76.3 Å². The van der Waals surface area contributed by atoms with Crippen LogP contribution in [0, 0.1) is 17.8 Å². The molecule has 0 atom stereocenters. The second-order valence-corrected chi connectivity index (χ2v) is 7.20. The Morgan fingerprint density at radius 3 is 2.22 bits per heavy atom.